The summed E-state index contributed by atoms with van der Waals surface area (Å²) in [6.07, 6.45) is 3.02. The van der Waals surface area contributed by atoms with Gasteiger partial charge in [-0.05, 0) is 67.6 Å². The molecule has 0 aliphatic rings. The molecule has 0 aliphatic carbocycles. The predicted molar refractivity (Wildman–Crippen MR) is 102 cm³/mol. The number of hydrogen-bond donors (Lipinski definition) is 1. The summed E-state index contributed by atoms with van der Waals surface area (Å²) >= 11 is 7.77. The van der Waals surface area contributed by atoms with Crippen molar-refractivity contribution in [2.45, 2.75) is 24.8 Å². The van der Waals surface area contributed by atoms with Crippen molar-refractivity contribution in [1.82, 2.24) is 4.57 Å². The van der Waals surface area contributed by atoms with E-state index in [1.54, 1.807) is 11.8 Å². The SMILES string of the molecule is CSc1ccc2c(c1)c(CCN)c(C)n2Cc1ccc(Cl)cc1. The van der Waals surface area contributed by atoms with Gasteiger partial charge in [-0.2, -0.15) is 0 Å². The molecule has 0 saturated carbocycles. The van der Waals surface area contributed by atoms with Crippen molar-refractivity contribution in [3.05, 3.63) is 64.3 Å². The Bertz CT molecular complexity index is 821. The summed E-state index contributed by atoms with van der Waals surface area (Å²) in [6, 6.07) is 14.8. The zero-order chi connectivity index (χ0) is 16.4. The van der Waals surface area contributed by atoms with Crippen LogP contribution in [0.25, 0.3) is 10.9 Å². The van der Waals surface area contributed by atoms with E-state index in [0.29, 0.717) is 6.54 Å². The average Bonchev–Trinajstić information content (AvgIpc) is 2.82. The Hall–Kier alpha value is -1.42. The fraction of sp³-hybridized carbons (Fsp3) is 0.263. The van der Waals surface area contributed by atoms with Gasteiger partial charge in [0.2, 0.25) is 0 Å². The summed E-state index contributed by atoms with van der Waals surface area (Å²) < 4.78 is 2.38. The third kappa shape index (κ3) is 3.27. The minimum atomic E-state index is 0.671. The van der Waals surface area contributed by atoms with Crippen LogP contribution in [0.4, 0.5) is 0 Å². The van der Waals surface area contributed by atoms with Gasteiger partial charge in [0.25, 0.3) is 0 Å². The summed E-state index contributed by atoms with van der Waals surface area (Å²) in [5.74, 6) is 0. The van der Waals surface area contributed by atoms with Crippen molar-refractivity contribution in [3.63, 3.8) is 0 Å². The zero-order valence-electron chi connectivity index (χ0n) is 13.5. The first kappa shape index (κ1) is 16.4. The van der Waals surface area contributed by atoms with Crippen LogP contribution in [0.15, 0.2) is 47.4 Å². The lowest BCUT2D eigenvalue weighted by atomic mass is 10.1. The highest BCUT2D eigenvalue weighted by Crippen LogP contribution is 2.30. The Morgan fingerprint density at radius 1 is 1.13 bits per heavy atom. The van der Waals surface area contributed by atoms with Crippen molar-refractivity contribution in [2.75, 3.05) is 12.8 Å². The lowest BCUT2D eigenvalue weighted by Crippen LogP contribution is -2.06. The van der Waals surface area contributed by atoms with Crippen LogP contribution in [0.5, 0.6) is 0 Å². The normalized spacial score (nSPS) is 11.3. The average molecular weight is 345 g/mol. The zero-order valence-corrected chi connectivity index (χ0v) is 15.0. The lowest BCUT2D eigenvalue weighted by molar-refractivity contribution is 0.792. The molecule has 0 radical (unpaired) electrons. The van der Waals surface area contributed by atoms with Gasteiger partial charge in [-0.15, -0.1) is 11.8 Å². The first-order valence-electron chi connectivity index (χ1n) is 7.74. The van der Waals surface area contributed by atoms with Gasteiger partial charge in [0.1, 0.15) is 0 Å². The Labute approximate surface area is 146 Å². The Balaban J connectivity index is 2.11. The van der Waals surface area contributed by atoms with Gasteiger partial charge in [0.05, 0.1) is 0 Å². The molecule has 23 heavy (non-hydrogen) atoms. The van der Waals surface area contributed by atoms with E-state index in [0.717, 1.165) is 18.0 Å². The van der Waals surface area contributed by atoms with Gasteiger partial charge in [-0.1, -0.05) is 23.7 Å². The Morgan fingerprint density at radius 2 is 1.87 bits per heavy atom. The number of benzene rings is 2. The molecular formula is C19H21ClN2S. The Morgan fingerprint density at radius 3 is 2.52 bits per heavy atom. The number of hydrogen-bond acceptors (Lipinski definition) is 2. The predicted octanol–water partition coefficient (Wildman–Crippen LogP) is 4.87. The number of fused-ring (bicyclic) bond motifs is 1. The monoisotopic (exact) mass is 344 g/mol. The standard InChI is InChI=1S/C19H21ClN2S/c1-13-17(9-10-21)18-11-16(23-2)7-8-19(18)22(13)12-14-3-5-15(20)6-4-14/h3-8,11H,9-10,12,21H2,1-2H3. The van der Waals surface area contributed by atoms with Crippen molar-refractivity contribution in [2.24, 2.45) is 5.73 Å². The van der Waals surface area contributed by atoms with E-state index in [4.69, 9.17) is 17.3 Å². The largest absolute Gasteiger partial charge is 0.340 e. The molecule has 4 heteroatoms. The van der Waals surface area contributed by atoms with E-state index in [2.05, 4.69) is 48.1 Å². The second-order valence-corrected chi connectivity index (χ2v) is 7.01. The topological polar surface area (TPSA) is 30.9 Å². The van der Waals surface area contributed by atoms with Crippen LogP contribution < -0.4 is 5.73 Å². The van der Waals surface area contributed by atoms with Crippen molar-refractivity contribution < 1.29 is 0 Å². The van der Waals surface area contributed by atoms with Crippen LogP contribution in [0.1, 0.15) is 16.8 Å². The lowest BCUT2D eigenvalue weighted by Gasteiger charge is -2.09. The van der Waals surface area contributed by atoms with Crippen LogP contribution in [0.3, 0.4) is 0 Å². The van der Waals surface area contributed by atoms with Gasteiger partial charge in [-0.3, -0.25) is 0 Å². The fourth-order valence-electron chi connectivity index (χ4n) is 3.09. The van der Waals surface area contributed by atoms with Crippen molar-refractivity contribution in [3.8, 4) is 0 Å². The Kier molecular flexibility index (Phi) is 5.00. The van der Waals surface area contributed by atoms with Crippen LogP contribution >= 0.6 is 23.4 Å². The summed E-state index contributed by atoms with van der Waals surface area (Å²) in [5, 5.41) is 2.10. The van der Waals surface area contributed by atoms with Crippen molar-refractivity contribution >= 4 is 34.3 Å². The van der Waals surface area contributed by atoms with Crippen LogP contribution in [-0.2, 0) is 13.0 Å². The maximum absolute atomic E-state index is 6.00. The number of nitrogens with zero attached hydrogens (tertiary/aromatic N) is 1. The molecule has 3 aromatic rings. The summed E-state index contributed by atoms with van der Waals surface area (Å²) in [4.78, 5) is 1.29. The summed E-state index contributed by atoms with van der Waals surface area (Å²) in [7, 11) is 0. The van der Waals surface area contributed by atoms with Gasteiger partial charge < -0.3 is 10.3 Å². The van der Waals surface area contributed by atoms with E-state index in [1.165, 1.54) is 32.6 Å². The van der Waals surface area contributed by atoms with Crippen LogP contribution in [0, 0.1) is 6.92 Å². The van der Waals surface area contributed by atoms with Gasteiger partial charge in [0, 0.05) is 33.1 Å². The molecule has 0 fully saturated rings. The second kappa shape index (κ2) is 7.00. The number of aromatic nitrogens is 1. The van der Waals surface area contributed by atoms with E-state index in [9.17, 15) is 0 Å². The second-order valence-electron chi connectivity index (χ2n) is 5.70. The molecule has 0 atom stereocenters. The molecule has 2 aromatic carbocycles. The first-order valence-corrected chi connectivity index (χ1v) is 9.34. The summed E-state index contributed by atoms with van der Waals surface area (Å²) in [6.45, 7) is 3.72. The third-order valence-electron chi connectivity index (χ3n) is 4.31. The minimum absolute atomic E-state index is 0.671. The van der Waals surface area contributed by atoms with Gasteiger partial charge >= 0.3 is 0 Å². The maximum Gasteiger partial charge on any atom is 0.0489 e. The molecule has 3 rings (SSSR count). The number of halogens is 1. The molecule has 0 aliphatic heterocycles. The molecule has 0 bridgehead atoms. The molecule has 1 aromatic heterocycles. The molecule has 0 amide bonds. The van der Waals surface area contributed by atoms with Crippen LogP contribution in [-0.4, -0.2) is 17.4 Å². The number of nitrogens with two attached hydrogens (primary N) is 1. The number of thioether (sulfide) groups is 1. The highest BCUT2D eigenvalue weighted by atomic mass is 35.5. The van der Waals surface area contributed by atoms with Gasteiger partial charge in [-0.25, -0.2) is 0 Å². The summed E-state index contributed by atoms with van der Waals surface area (Å²) in [5.41, 5.74) is 11.0. The number of rotatable bonds is 5. The highest BCUT2D eigenvalue weighted by Gasteiger charge is 2.14. The molecule has 0 saturated heterocycles. The third-order valence-corrected chi connectivity index (χ3v) is 5.29. The highest BCUT2D eigenvalue weighted by molar-refractivity contribution is 7.98. The van der Waals surface area contributed by atoms with E-state index in [-0.39, 0.29) is 0 Å². The molecule has 0 spiro atoms. The van der Waals surface area contributed by atoms with Crippen molar-refractivity contribution in [1.29, 1.82) is 0 Å². The van der Waals surface area contributed by atoms with E-state index < -0.39 is 0 Å². The fourth-order valence-corrected chi connectivity index (χ4v) is 3.66. The smallest absolute Gasteiger partial charge is 0.0489 e. The molecule has 1 heterocycles. The first-order chi connectivity index (χ1) is 11.1. The molecule has 2 nitrogen and oxygen atoms in total. The van der Waals surface area contributed by atoms with E-state index >= 15 is 0 Å². The van der Waals surface area contributed by atoms with Crippen LogP contribution in [0.2, 0.25) is 5.02 Å². The molecule has 120 valence electrons. The molecule has 0 unspecified atom stereocenters. The van der Waals surface area contributed by atoms with Gasteiger partial charge in [0.15, 0.2) is 0 Å². The minimum Gasteiger partial charge on any atom is -0.340 e. The molecule has 2 N–H and O–H groups in total. The maximum atomic E-state index is 6.00. The quantitative estimate of drug-likeness (QED) is 0.669. The molecular weight excluding hydrogens is 324 g/mol. The van der Waals surface area contributed by atoms with E-state index in [1.807, 2.05) is 12.1 Å².